The highest BCUT2D eigenvalue weighted by atomic mass is 16.1. The molecule has 1 amide bonds. The zero-order valence-electron chi connectivity index (χ0n) is 10.9. The predicted molar refractivity (Wildman–Crippen MR) is 70.4 cm³/mol. The second-order valence-electron chi connectivity index (χ2n) is 4.33. The largest absolute Gasteiger partial charge is 0.356 e. The van der Waals surface area contributed by atoms with Gasteiger partial charge >= 0.3 is 0 Å². The van der Waals surface area contributed by atoms with Crippen molar-refractivity contribution in [2.24, 2.45) is 0 Å². The van der Waals surface area contributed by atoms with E-state index in [9.17, 15) is 4.79 Å². The third-order valence-corrected chi connectivity index (χ3v) is 2.82. The number of aromatic nitrogens is 4. The molecule has 2 rings (SSSR count). The quantitative estimate of drug-likeness (QED) is 0.752. The summed E-state index contributed by atoms with van der Waals surface area (Å²) in [5.74, 6) is 0.842. The summed E-state index contributed by atoms with van der Waals surface area (Å²) in [6, 6.07) is 3.83. The van der Waals surface area contributed by atoms with Gasteiger partial charge in [0.1, 0.15) is 12.2 Å². The first-order valence-corrected chi connectivity index (χ1v) is 6.27. The Hall–Kier alpha value is -2.24. The first-order valence-electron chi connectivity index (χ1n) is 6.27. The van der Waals surface area contributed by atoms with Gasteiger partial charge in [0.15, 0.2) is 0 Å². The molecule has 6 nitrogen and oxygen atoms in total. The molecule has 0 atom stereocenters. The van der Waals surface area contributed by atoms with Crippen molar-refractivity contribution in [3.8, 4) is 0 Å². The van der Waals surface area contributed by atoms with Crippen molar-refractivity contribution in [3.63, 3.8) is 0 Å². The third-order valence-electron chi connectivity index (χ3n) is 2.82. The summed E-state index contributed by atoms with van der Waals surface area (Å²) < 4.78 is 0. The lowest BCUT2D eigenvalue weighted by molar-refractivity contribution is -0.120. The van der Waals surface area contributed by atoms with Crippen molar-refractivity contribution in [2.75, 3.05) is 6.54 Å². The summed E-state index contributed by atoms with van der Waals surface area (Å²) in [4.78, 5) is 20.0. The van der Waals surface area contributed by atoms with Crippen molar-refractivity contribution in [3.05, 3.63) is 41.7 Å². The Labute approximate surface area is 111 Å². The fourth-order valence-electron chi connectivity index (χ4n) is 1.75. The van der Waals surface area contributed by atoms with Gasteiger partial charge in [-0.25, -0.2) is 4.98 Å². The zero-order chi connectivity index (χ0) is 13.5. The molecular weight excluding hydrogens is 242 g/mol. The fraction of sp³-hybridized carbons (Fsp3) is 0.385. The lowest BCUT2D eigenvalue weighted by atomic mass is 10.1. The summed E-state index contributed by atoms with van der Waals surface area (Å²) in [5, 5.41) is 9.44. The van der Waals surface area contributed by atoms with Crippen LogP contribution in [0.4, 0.5) is 0 Å². The van der Waals surface area contributed by atoms with E-state index in [2.05, 4.69) is 25.5 Å². The van der Waals surface area contributed by atoms with E-state index >= 15 is 0 Å². The second-order valence-corrected chi connectivity index (χ2v) is 4.33. The Morgan fingerprint density at radius 1 is 1.42 bits per heavy atom. The Kier molecular flexibility index (Phi) is 4.60. The summed E-state index contributed by atoms with van der Waals surface area (Å²) in [7, 11) is 0. The molecule has 0 aliphatic carbocycles. The topological polar surface area (TPSA) is 83.6 Å². The molecular formula is C13H17N5O. The van der Waals surface area contributed by atoms with Crippen LogP contribution in [0.25, 0.3) is 0 Å². The van der Waals surface area contributed by atoms with E-state index in [0.29, 0.717) is 13.0 Å². The summed E-state index contributed by atoms with van der Waals surface area (Å²) in [5.41, 5.74) is 1.87. The molecule has 2 N–H and O–H groups in total. The molecule has 0 aliphatic heterocycles. The summed E-state index contributed by atoms with van der Waals surface area (Å²) in [6.07, 6.45) is 5.14. The van der Waals surface area contributed by atoms with Crippen molar-refractivity contribution >= 4 is 5.91 Å². The number of hydrogen-bond donors (Lipinski definition) is 2. The van der Waals surface area contributed by atoms with E-state index < -0.39 is 0 Å². The van der Waals surface area contributed by atoms with Gasteiger partial charge in [-0.15, -0.1) is 0 Å². The maximum absolute atomic E-state index is 11.7. The Morgan fingerprint density at radius 3 is 3.05 bits per heavy atom. The van der Waals surface area contributed by atoms with Crippen LogP contribution in [-0.4, -0.2) is 32.6 Å². The highest BCUT2D eigenvalue weighted by Gasteiger charge is 2.06. The number of nitrogens with one attached hydrogen (secondary N) is 2. The van der Waals surface area contributed by atoms with E-state index in [4.69, 9.17) is 0 Å². The SMILES string of the molecule is Cc1cccnc1CC(=O)NCCCc1ncn[nH]1. The average molecular weight is 259 g/mol. The van der Waals surface area contributed by atoms with Crippen molar-refractivity contribution in [2.45, 2.75) is 26.2 Å². The maximum Gasteiger partial charge on any atom is 0.226 e. The minimum absolute atomic E-state index is 0.000583. The number of nitrogens with zero attached hydrogens (tertiary/aromatic N) is 3. The van der Waals surface area contributed by atoms with E-state index in [-0.39, 0.29) is 5.91 Å². The molecule has 0 bridgehead atoms. The molecule has 2 aromatic rings. The van der Waals surface area contributed by atoms with Crippen LogP contribution in [0, 0.1) is 6.92 Å². The summed E-state index contributed by atoms with van der Waals surface area (Å²) >= 11 is 0. The normalized spacial score (nSPS) is 10.4. The van der Waals surface area contributed by atoms with Crippen LogP contribution >= 0.6 is 0 Å². The molecule has 100 valence electrons. The van der Waals surface area contributed by atoms with E-state index in [1.165, 1.54) is 6.33 Å². The minimum Gasteiger partial charge on any atom is -0.356 e. The number of hydrogen-bond acceptors (Lipinski definition) is 4. The number of H-pyrrole nitrogens is 1. The van der Waals surface area contributed by atoms with E-state index in [0.717, 1.165) is 29.9 Å². The molecule has 0 saturated carbocycles. The fourth-order valence-corrected chi connectivity index (χ4v) is 1.75. The van der Waals surface area contributed by atoms with Gasteiger partial charge in [-0.3, -0.25) is 14.9 Å². The predicted octanol–water partition coefficient (Wildman–Crippen LogP) is 0.800. The van der Waals surface area contributed by atoms with Gasteiger partial charge in [-0.2, -0.15) is 5.10 Å². The van der Waals surface area contributed by atoms with Crippen molar-refractivity contribution in [1.29, 1.82) is 0 Å². The number of carbonyl (C=O) groups excluding carboxylic acids is 1. The van der Waals surface area contributed by atoms with Gasteiger partial charge in [0, 0.05) is 19.2 Å². The Bertz CT molecular complexity index is 524. The molecule has 0 aliphatic rings. The molecule has 0 aromatic carbocycles. The molecule has 6 heteroatoms. The second kappa shape index (κ2) is 6.63. The molecule has 0 saturated heterocycles. The molecule has 2 heterocycles. The van der Waals surface area contributed by atoms with E-state index in [1.54, 1.807) is 6.20 Å². The molecule has 19 heavy (non-hydrogen) atoms. The van der Waals surface area contributed by atoms with Gasteiger partial charge in [0.25, 0.3) is 0 Å². The smallest absolute Gasteiger partial charge is 0.226 e. The standard InChI is InChI=1S/C13H17N5O/c1-10-4-2-6-14-11(10)8-13(19)15-7-3-5-12-16-9-17-18-12/h2,4,6,9H,3,5,7-8H2,1H3,(H,15,19)(H,16,17,18). The van der Waals surface area contributed by atoms with Crippen LogP contribution < -0.4 is 5.32 Å². The Balaban J connectivity index is 1.69. The van der Waals surface area contributed by atoms with Gasteiger partial charge in [-0.05, 0) is 25.0 Å². The first-order chi connectivity index (χ1) is 9.25. The van der Waals surface area contributed by atoms with Crippen LogP contribution in [0.2, 0.25) is 0 Å². The lowest BCUT2D eigenvalue weighted by Crippen LogP contribution is -2.27. The van der Waals surface area contributed by atoms with Gasteiger partial charge < -0.3 is 5.32 Å². The van der Waals surface area contributed by atoms with Crippen molar-refractivity contribution in [1.82, 2.24) is 25.5 Å². The van der Waals surface area contributed by atoms with Crippen LogP contribution in [0.15, 0.2) is 24.7 Å². The summed E-state index contributed by atoms with van der Waals surface area (Å²) in [6.45, 7) is 2.59. The highest BCUT2D eigenvalue weighted by molar-refractivity contribution is 5.78. The lowest BCUT2D eigenvalue weighted by Gasteiger charge is -2.06. The zero-order valence-corrected chi connectivity index (χ0v) is 10.9. The number of aromatic amines is 1. The van der Waals surface area contributed by atoms with Gasteiger partial charge in [0.2, 0.25) is 5.91 Å². The maximum atomic E-state index is 11.7. The minimum atomic E-state index is -0.000583. The van der Waals surface area contributed by atoms with Gasteiger partial charge in [0.05, 0.1) is 12.1 Å². The average Bonchev–Trinajstić information content (AvgIpc) is 2.91. The molecule has 0 spiro atoms. The monoisotopic (exact) mass is 259 g/mol. The van der Waals surface area contributed by atoms with Crippen LogP contribution in [0.1, 0.15) is 23.5 Å². The molecule has 0 radical (unpaired) electrons. The van der Waals surface area contributed by atoms with E-state index in [1.807, 2.05) is 19.1 Å². The number of amides is 1. The van der Waals surface area contributed by atoms with Crippen LogP contribution in [0.3, 0.4) is 0 Å². The number of rotatable bonds is 6. The van der Waals surface area contributed by atoms with Crippen LogP contribution in [0.5, 0.6) is 0 Å². The molecule has 0 unspecified atom stereocenters. The number of aryl methyl sites for hydroxylation is 2. The highest BCUT2D eigenvalue weighted by Crippen LogP contribution is 2.03. The third kappa shape index (κ3) is 4.17. The number of pyridine rings is 1. The van der Waals surface area contributed by atoms with Crippen molar-refractivity contribution < 1.29 is 4.79 Å². The molecule has 0 fully saturated rings. The van der Waals surface area contributed by atoms with Crippen LogP contribution in [-0.2, 0) is 17.6 Å². The Morgan fingerprint density at radius 2 is 2.32 bits per heavy atom. The number of carbonyl (C=O) groups is 1. The first kappa shape index (κ1) is 13.2. The van der Waals surface area contributed by atoms with Gasteiger partial charge in [-0.1, -0.05) is 6.07 Å². The molecule has 2 aromatic heterocycles.